The Kier molecular flexibility index (Phi) is 13.9. The van der Waals surface area contributed by atoms with Gasteiger partial charge in [0.2, 0.25) is 0 Å². The number of rotatable bonds is 18. The SMILES string of the molecule is CCCCCCCCCCCCCCOc1cccc(NC(=O)Nc2cccc(CN3C=CSC3)c2)c1. The monoisotopic (exact) mass is 523 g/mol. The van der Waals surface area contributed by atoms with Crippen LogP contribution in [0.1, 0.15) is 89.5 Å². The third-order valence-electron chi connectivity index (χ3n) is 6.54. The topological polar surface area (TPSA) is 53.6 Å². The second-order valence-corrected chi connectivity index (χ2v) is 10.7. The first-order chi connectivity index (χ1) is 18.2. The molecule has 0 aliphatic carbocycles. The largest absolute Gasteiger partial charge is 0.494 e. The predicted molar refractivity (Wildman–Crippen MR) is 159 cm³/mol. The molecule has 0 saturated heterocycles. The van der Waals surface area contributed by atoms with Gasteiger partial charge in [-0.3, -0.25) is 0 Å². The molecule has 6 heteroatoms. The molecule has 1 aliphatic heterocycles. The van der Waals surface area contributed by atoms with Gasteiger partial charge in [0.25, 0.3) is 0 Å². The Labute approximate surface area is 228 Å². The molecule has 0 fully saturated rings. The van der Waals surface area contributed by atoms with Crippen molar-refractivity contribution in [2.24, 2.45) is 0 Å². The smallest absolute Gasteiger partial charge is 0.323 e. The summed E-state index contributed by atoms with van der Waals surface area (Å²) in [5, 5.41) is 7.96. The van der Waals surface area contributed by atoms with Gasteiger partial charge in [-0.1, -0.05) is 95.8 Å². The van der Waals surface area contributed by atoms with Gasteiger partial charge in [0, 0.05) is 30.2 Å². The highest BCUT2D eigenvalue weighted by molar-refractivity contribution is 8.02. The minimum atomic E-state index is -0.258. The van der Waals surface area contributed by atoms with Gasteiger partial charge in [-0.15, -0.1) is 11.8 Å². The summed E-state index contributed by atoms with van der Waals surface area (Å²) in [6, 6.07) is 15.3. The average molecular weight is 524 g/mol. The molecule has 1 aliphatic rings. The first kappa shape index (κ1) is 29.0. The lowest BCUT2D eigenvalue weighted by Gasteiger charge is -2.15. The summed E-state index contributed by atoms with van der Waals surface area (Å²) in [7, 11) is 0. The van der Waals surface area contributed by atoms with Crippen molar-refractivity contribution in [3.05, 3.63) is 65.7 Å². The van der Waals surface area contributed by atoms with E-state index in [1.165, 1.54) is 70.6 Å². The molecule has 0 radical (unpaired) electrons. The van der Waals surface area contributed by atoms with E-state index in [0.29, 0.717) is 6.61 Å². The number of thioether (sulfide) groups is 1. The Hall–Kier alpha value is -2.60. The van der Waals surface area contributed by atoms with Crippen LogP contribution < -0.4 is 15.4 Å². The lowest BCUT2D eigenvalue weighted by molar-refractivity contribution is 0.262. The summed E-state index contributed by atoms with van der Waals surface area (Å²) in [6.07, 6.45) is 18.1. The Morgan fingerprint density at radius 3 is 2.11 bits per heavy atom. The van der Waals surface area contributed by atoms with E-state index in [9.17, 15) is 4.79 Å². The van der Waals surface area contributed by atoms with Crippen molar-refractivity contribution >= 4 is 29.2 Å². The first-order valence-corrected chi connectivity index (χ1v) is 15.2. The maximum Gasteiger partial charge on any atom is 0.323 e. The van der Waals surface area contributed by atoms with Crippen molar-refractivity contribution in [1.82, 2.24) is 4.90 Å². The van der Waals surface area contributed by atoms with Crippen molar-refractivity contribution in [1.29, 1.82) is 0 Å². The van der Waals surface area contributed by atoms with Crippen molar-refractivity contribution in [2.75, 3.05) is 23.1 Å². The summed E-state index contributed by atoms with van der Waals surface area (Å²) in [5.41, 5.74) is 2.67. The van der Waals surface area contributed by atoms with Crippen molar-refractivity contribution in [3.8, 4) is 5.75 Å². The molecule has 202 valence electrons. The van der Waals surface area contributed by atoms with Crippen LogP contribution in [0.2, 0.25) is 0 Å². The standard InChI is InChI=1S/C31H45N3O2S/c1-2-3-4-5-6-7-8-9-10-11-12-13-21-36-30-19-15-18-29(24-30)33-31(35)32-28-17-14-16-27(23-28)25-34-20-22-37-26-34/h14-20,22-24H,2-13,21,25-26H2,1H3,(H2,32,33,35). The third kappa shape index (κ3) is 12.5. The van der Waals surface area contributed by atoms with Crippen LogP contribution in [-0.4, -0.2) is 23.4 Å². The van der Waals surface area contributed by atoms with Crippen molar-refractivity contribution in [2.45, 2.75) is 90.5 Å². The van der Waals surface area contributed by atoms with E-state index >= 15 is 0 Å². The molecule has 0 saturated carbocycles. The van der Waals surface area contributed by atoms with Gasteiger partial charge in [0.1, 0.15) is 5.75 Å². The highest BCUT2D eigenvalue weighted by Gasteiger charge is 2.08. The molecule has 0 unspecified atom stereocenters. The van der Waals surface area contributed by atoms with Gasteiger partial charge in [0.15, 0.2) is 0 Å². The lowest BCUT2D eigenvalue weighted by Crippen LogP contribution is -2.19. The second kappa shape index (κ2) is 17.8. The maximum atomic E-state index is 12.5. The Morgan fingerprint density at radius 2 is 1.46 bits per heavy atom. The Balaban J connectivity index is 1.27. The molecule has 2 aromatic rings. The molecule has 0 bridgehead atoms. The molecule has 2 N–H and O–H groups in total. The number of nitrogens with one attached hydrogen (secondary N) is 2. The number of anilines is 2. The molecule has 0 atom stereocenters. The van der Waals surface area contributed by atoms with Gasteiger partial charge in [-0.25, -0.2) is 4.79 Å². The molecule has 0 aromatic heterocycles. The summed E-state index contributed by atoms with van der Waals surface area (Å²) in [5.74, 6) is 1.76. The number of urea groups is 1. The number of benzene rings is 2. The zero-order chi connectivity index (χ0) is 26.0. The molecule has 2 aromatic carbocycles. The van der Waals surface area contributed by atoms with Crippen LogP contribution in [0.3, 0.4) is 0 Å². The molecular weight excluding hydrogens is 478 g/mol. The van der Waals surface area contributed by atoms with Gasteiger partial charge < -0.3 is 20.3 Å². The average Bonchev–Trinajstić information content (AvgIpc) is 3.40. The van der Waals surface area contributed by atoms with Crippen LogP contribution in [-0.2, 0) is 6.54 Å². The number of hydrogen-bond acceptors (Lipinski definition) is 4. The molecule has 5 nitrogen and oxygen atoms in total. The van der Waals surface area contributed by atoms with Crippen LogP contribution in [0.5, 0.6) is 5.75 Å². The molecule has 1 heterocycles. The number of ether oxygens (including phenoxy) is 1. The van der Waals surface area contributed by atoms with E-state index < -0.39 is 0 Å². The lowest BCUT2D eigenvalue weighted by atomic mass is 10.1. The van der Waals surface area contributed by atoms with E-state index in [1.807, 2.05) is 42.5 Å². The number of carbonyl (C=O) groups excluding carboxylic acids is 1. The second-order valence-electron chi connectivity index (χ2n) is 9.87. The zero-order valence-electron chi connectivity index (χ0n) is 22.6. The fourth-order valence-electron chi connectivity index (χ4n) is 4.48. The highest BCUT2D eigenvalue weighted by Crippen LogP contribution is 2.21. The summed E-state index contributed by atoms with van der Waals surface area (Å²) >= 11 is 1.79. The van der Waals surface area contributed by atoms with E-state index in [4.69, 9.17) is 4.74 Å². The molecule has 2 amide bonds. The minimum absolute atomic E-state index is 0.258. The normalized spacial score (nSPS) is 12.6. The summed E-state index contributed by atoms with van der Waals surface area (Å²) in [4.78, 5) is 14.8. The van der Waals surface area contributed by atoms with Crippen molar-refractivity contribution in [3.63, 3.8) is 0 Å². The molecule has 37 heavy (non-hydrogen) atoms. The number of carbonyl (C=O) groups is 1. The third-order valence-corrected chi connectivity index (χ3v) is 7.33. The van der Waals surface area contributed by atoms with Crippen LogP contribution in [0.25, 0.3) is 0 Å². The molecular formula is C31H45N3O2S. The van der Waals surface area contributed by atoms with Crippen LogP contribution in [0.4, 0.5) is 16.2 Å². The molecule has 0 spiro atoms. The quantitative estimate of drug-likeness (QED) is 0.191. The van der Waals surface area contributed by atoms with E-state index in [2.05, 4.69) is 40.1 Å². The minimum Gasteiger partial charge on any atom is -0.494 e. The molecule has 3 rings (SSSR count). The first-order valence-electron chi connectivity index (χ1n) is 14.1. The highest BCUT2D eigenvalue weighted by atomic mass is 32.2. The van der Waals surface area contributed by atoms with Crippen LogP contribution >= 0.6 is 11.8 Å². The van der Waals surface area contributed by atoms with Crippen LogP contribution in [0.15, 0.2) is 60.1 Å². The summed E-state index contributed by atoms with van der Waals surface area (Å²) in [6.45, 7) is 3.82. The van der Waals surface area contributed by atoms with Gasteiger partial charge in [0.05, 0.1) is 12.5 Å². The number of amides is 2. The van der Waals surface area contributed by atoms with E-state index in [0.717, 1.165) is 41.5 Å². The maximum absolute atomic E-state index is 12.5. The zero-order valence-corrected chi connectivity index (χ0v) is 23.4. The van der Waals surface area contributed by atoms with E-state index in [-0.39, 0.29) is 6.03 Å². The Morgan fingerprint density at radius 1 is 0.838 bits per heavy atom. The number of nitrogens with zero attached hydrogens (tertiary/aromatic N) is 1. The fourth-order valence-corrected chi connectivity index (χ4v) is 5.19. The predicted octanol–water partition coefficient (Wildman–Crippen LogP) is 9.39. The number of hydrogen-bond donors (Lipinski definition) is 2. The number of unbranched alkanes of at least 4 members (excludes halogenated alkanes) is 11. The van der Waals surface area contributed by atoms with Gasteiger partial charge >= 0.3 is 6.03 Å². The van der Waals surface area contributed by atoms with E-state index in [1.54, 1.807) is 11.8 Å². The summed E-state index contributed by atoms with van der Waals surface area (Å²) < 4.78 is 5.93. The van der Waals surface area contributed by atoms with Gasteiger partial charge in [-0.2, -0.15) is 0 Å². The fraction of sp³-hybridized carbons (Fsp3) is 0.516. The Bertz CT molecular complexity index is 950. The van der Waals surface area contributed by atoms with Gasteiger partial charge in [-0.05, 0) is 41.7 Å². The van der Waals surface area contributed by atoms with Crippen molar-refractivity contribution < 1.29 is 9.53 Å². The van der Waals surface area contributed by atoms with Crippen LogP contribution in [0, 0.1) is 0 Å².